The van der Waals surface area contributed by atoms with Gasteiger partial charge >= 0.3 is 0 Å². The molecule has 0 aromatic rings. The maximum Gasteiger partial charge on any atom is 0.155 e. The summed E-state index contributed by atoms with van der Waals surface area (Å²) in [6, 6.07) is 0. The topological polar surface area (TPSA) is 17.1 Å². The number of ketones is 1. The zero-order chi connectivity index (χ0) is 19.2. The van der Waals surface area contributed by atoms with Crippen LogP contribution in [0.3, 0.4) is 0 Å². The molecule has 0 amide bonds. The lowest BCUT2D eigenvalue weighted by Gasteiger charge is -2.59. The van der Waals surface area contributed by atoms with Crippen molar-refractivity contribution in [2.75, 3.05) is 0 Å². The Morgan fingerprint density at radius 3 is 2.63 bits per heavy atom. The van der Waals surface area contributed by atoms with Gasteiger partial charge in [-0.15, -0.1) is 0 Å². The summed E-state index contributed by atoms with van der Waals surface area (Å²) in [6.07, 6.45) is 19.4. The SMILES string of the molecule is CC(C)CCCC[C@H]1CC[C@H]2[C@@H]3CC[C@H]4CC(=O)C=C[C@]4(C)[C@H]3CC[C@]12C. The fourth-order valence-corrected chi connectivity index (χ4v) is 8.16. The Kier molecular flexibility index (Phi) is 5.36. The van der Waals surface area contributed by atoms with Crippen molar-refractivity contribution < 1.29 is 4.79 Å². The number of fused-ring (bicyclic) bond motifs is 5. The molecular weight excluding hydrogens is 328 g/mol. The zero-order valence-corrected chi connectivity index (χ0v) is 18.3. The molecule has 0 unspecified atom stereocenters. The first-order valence-electron chi connectivity index (χ1n) is 12.1. The van der Waals surface area contributed by atoms with Gasteiger partial charge in [-0.2, -0.15) is 0 Å². The molecule has 0 N–H and O–H groups in total. The average Bonchev–Trinajstić information content (AvgIpc) is 2.96. The third-order valence-electron chi connectivity index (χ3n) is 9.82. The molecule has 27 heavy (non-hydrogen) atoms. The van der Waals surface area contributed by atoms with E-state index in [2.05, 4.69) is 33.8 Å². The second-order valence-corrected chi connectivity index (χ2v) is 11.5. The molecule has 0 bridgehead atoms. The quantitative estimate of drug-likeness (QED) is 0.467. The summed E-state index contributed by atoms with van der Waals surface area (Å²) in [4.78, 5) is 12.0. The molecule has 3 fully saturated rings. The van der Waals surface area contributed by atoms with Crippen molar-refractivity contribution >= 4 is 5.78 Å². The van der Waals surface area contributed by atoms with Crippen molar-refractivity contribution in [3.63, 3.8) is 0 Å². The van der Waals surface area contributed by atoms with Gasteiger partial charge in [0, 0.05) is 6.42 Å². The first-order valence-corrected chi connectivity index (χ1v) is 12.1. The normalized spacial score (nSPS) is 46.3. The Morgan fingerprint density at radius 2 is 1.85 bits per heavy atom. The van der Waals surface area contributed by atoms with Crippen molar-refractivity contribution in [2.45, 2.75) is 98.3 Å². The molecule has 0 saturated heterocycles. The first kappa shape index (κ1) is 19.7. The van der Waals surface area contributed by atoms with Crippen LogP contribution in [0, 0.1) is 46.3 Å². The van der Waals surface area contributed by atoms with Gasteiger partial charge in [0.05, 0.1) is 0 Å². The number of carbonyl (C=O) groups excluding carboxylic acids is 1. The zero-order valence-electron chi connectivity index (χ0n) is 18.3. The monoisotopic (exact) mass is 370 g/mol. The van der Waals surface area contributed by atoms with Gasteiger partial charge in [0.25, 0.3) is 0 Å². The Bertz CT molecular complexity index is 589. The van der Waals surface area contributed by atoms with Gasteiger partial charge in [0.15, 0.2) is 5.78 Å². The largest absolute Gasteiger partial charge is 0.295 e. The molecule has 0 aromatic carbocycles. The minimum absolute atomic E-state index is 0.299. The van der Waals surface area contributed by atoms with Gasteiger partial charge in [-0.25, -0.2) is 0 Å². The van der Waals surface area contributed by atoms with Crippen LogP contribution in [0.5, 0.6) is 0 Å². The average molecular weight is 371 g/mol. The number of allylic oxidation sites excluding steroid dienone is 2. The molecule has 7 atom stereocenters. The summed E-state index contributed by atoms with van der Waals surface area (Å²) in [6.45, 7) is 9.89. The highest BCUT2D eigenvalue weighted by Gasteiger charge is 2.59. The summed E-state index contributed by atoms with van der Waals surface area (Å²) in [5.74, 6) is 5.54. The predicted molar refractivity (Wildman–Crippen MR) is 113 cm³/mol. The molecule has 4 aliphatic carbocycles. The summed E-state index contributed by atoms with van der Waals surface area (Å²) >= 11 is 0. The molecule has 3 saturated carbocycles. The van der Waals surface area contributed by atoms with E-state index in [1.165, 1.54) is 64.2 Å². The molecule has 1 nitrogen and oxygen atoms in total. The van der Waals surface area contributed by atoms with E-state index in [9.17, 15) is 4.79 Å². The minimum Gasteiger partial charge on any atom is -0.295 e. The Hall–Kier alpha value is -0.590. The van der Waals surface area contributed by atoms with Crippen molar-refractivity contribution in [1.29, 1.82) is 0 Å². The van der Waals surface area contributed by atoms with Crippen LogP contribution in [-0.4, -0.2) is 5.78 Å². The van der Waals surface area contributed by atoms with E-state index in [-0.39, 0.29) is 0 Å². The molecule has 0 spiro atoms. The van der Waals surface area contributed by atoms with Crippen molar-refractivity contribution in [2.24, 2.45) is 46.3 Å². The number of unbranched alkanes of at least 4 members (excludes halogenated alkanes) is 1. The molecule has 0 aliphatic heterocycles. The standard InChI is InChI=1S/C26H42O/c1-18(2)7-5-6-8-19-10-12-23-22-11-9-20-17-21(27)13-15-26(20,4)24(22)14-16-25(19,23)3/h13,15,18-20,22-24H,5-12,14,16-17H2,1-4H3/t19-,20-,22-,23-,24-,25+,26-/m0/s1. The summed E-state index contributed by atoms with van der Waals surface area (Å²) < 4.78 is 0. The summed E-state index contributed by atoms with van der Waals surface area (Å²) in [5, 5.41) is 0. The maximum absolute atomic E-state index is 12.0. The van der Waals surface area contributed by atoms with Crippen LogP contribution in [0.2, 0.25) is 0 Å². The van der Waals surface area contributed by atoms with Gasteiger partial charge in [0.2, 0.25) is 0 Å². The summed E-state index contributed by atoms with van der Waals surface area (Å²) in [5.41, 5.74) is 0.907. The van der Waals surface area contributed by atoms with Crippen LogP contribution in [0.1, 0.15) is 98.3 Å². The van der Waals surface area contributed by atoms with E-state index in [0.29, 0.717) is 22.5 Å². The van der Waals surface area contributed by atoms with E-state index in [1.807, 2.05) is 6.08 Å². The Balaban J connectivity index is 1.46. The van der Waals surface area contributed by atoms with Crippen LogP contribution in [-0.2, 0) is 4.79 Å². The third kappa shape index (κ3) is 3.36. The molecule has 4 rings (SSSR count). The van der Waals surface area contributed by atoms with E-state index in [1.54, 1.807) is 0 Å². The van der Waals surface area contributed by atoms with Crippen LogP contribution >= 0.6 is 0 Å². The maximum atomic E-state index is 12.0. The number of hydrogen-bond acceptors (Lipinski definition) is 1. The van der Waals surface area contributed by atoms with Crippen LogP contribution < -0.4 is 0 Å². The van der Waals surface area contributed by atoms with E-state index in [4.69, 9.17) is 0 Å². The van der Waals surface area contributed by atoms with Crippen molar-refractivity contribution in [3.05, 3.63) is 12.2 Å². The molecule has 0 heterocycles. The Morgan fingerprint density at radius 1 is 1.04 bits per heavy atom. The lowest BCUT2D eigenvalue weighted by atomic mass is 9.46. The molecular formula is C26H42O. The minimum atomic E-state index is 0.299. The highest BCUT2D eigenvalue weighted by Crippen LogP contribution is 2.67. The Labute approximate surface area is 167 Å². The smallest absolute Gasteiger partial charge is 0.155 e. The highest BCUT2D eigenvalue weighted by molar-refractivity contribution is 5.91. The summed E-state index contributed by atoms with van der Waals surface area (Å²) in [7, 11) is 0. The molecule has 1 heteroatoms. The number of carbonyl (C=O) groups is 1. The number of rotatable bonds is 5. The molecule has 0 radical (unpaired) electrons. The number of hydrogen-bond donors (Lipinski definition) is 0. The molecule has 0 aromatic heterocycles. The van der Waals surface area contributed by atoms with E-state index < -0.39 is 0 Å². The fraction of sp³-hybridized carbons (Fsp3) is 0.885. The highest BCUT2D eigenvalue weighted by atomic mass is 16.1. The van der Waals surface area contributed by atoms with Gasteiger partial charge in [-0.05, 0) is 97.4 Å². The lowest BCUT2D eigenvalue weighted by Crippen LogP contribution is -2.52. The van der Waals surface area contributed by atoms with Gasteiger partial charge in [-0.3, -0.25) is 4.79 Å². The van der Waals surface area contributed by atoms with Gasteiger partial charge in [0.1, 0.15) is 0 Å². The third-order valence-corrected chi connectivity index (χ3v) is 9.82. The lowest BCUT2D eigenvalue weighted by molar-refractivity contribution is -0.122. The van der Waals surface area contributed by atoms with Crippen LogP contribution in [0.15, 0.2) is 12.2 Å². The van der Waals surface area contributed by atoms with Crippen molar-refractivity contribution in [1.82, 2.24) is 0 Å². The predicted octanol–water partition coefficient (Wildman–Crippen LogP) is 7.21. The van der Waals surface area contributed by atoms with Gasteiger partial charge in [-0.1, -0.05) is 53.0 Å². The van der Waals surface area contributed by atoms with Gasteiger partial charge < -0.3 is 0 Å². The fourth-order valence-electron chi connectivity index (χ4n) is 8.16. The van der Waals surface area contributed by atoms with Crippen molar-refractivity contribution in [3.8, 4) is 0 Å². The second-order valence-electron chi connectivity index (χ2n) is 11.5. The van der Waals surface area contributed by atoms with Crippen LogP contribution in [0.25, 0.3) is 0 Å². The van der Waals surface area contributed by atoms with E-state index in [0.717, 1.165) is 36.0 Å². The second kappa shape index (κ2) is 7.34. The molecule has 4 aliphatic rings. The van der Waals surface area contributed by atoms with Crippen LogP contribution in [0.4, 0.5) is 0 Å². The molecule has 152 valence electrons. The first-order chi connectivity index (χ1) is 12.8. The van der Waals surface area contributed by atoms with E-state index >= 15 is 0 Å².